The molecule has 5 heteroatoms. The second kappa shape index (κ2) is 9.25. The first-order chi connectivity index (χ1) is 14.2. The molecule has 4 N–H and O–H groups in total. The van der Waals surface area contributed by atoms with Gasteiger partial charge in [-0.25, -0.2) is 0 Å². The number of nitrogens with one attached hydrogen (secondary N) is 4. The van der Waals surface area contributed by atoms with Crippen LogP contribution < -0.4 is 15.1 Å². The summed E-state index contributed by atoms with van der Waals surface area (Å²) >= 11 is 0. The maximum atomic E-state index is 12.4. The van der Waals surface area contributed by atoms with Gasteiger partial charge in [-0.3, -0.25) is 4.79 Å². The zero-order valence-electron chi connectivity index (χ0n) is 17.3. The lowest BCUT2D eigenvalue weighted by Crippen LogP contribution is -3.28. The number of H-pyrrole nitrogens is 1. The number of hydrogen-bond donors (Lipinski definition) is 4. The Labute approximate surface area is 172 Å². The Morgan fingerprint density at radius 1 is 0.966 bits per heavy atom. The Kier molecular flexibility index (Phi) is 6.27. The van der Waals surface area contributed by atoms with Crippen LogP contribution in [0, 0.1) is 6.92 Å². The summed E-state index contributed by atoms with van der Waals surface area (Å²) in [7, 11) is 0. The molecule has 0 unspecified atom stereocenters. The molecule has 0 saturated carbocycles. The third-order valence-electron chi connectivity index (χ3n) is 6.17. The number of rotatable bonds is 7. The van der Waals surface area contributed by atoms with Crippen LogP contribution in [0.3, 0.4) is 0 Å². The van der Waals surface area contributed by atoms with E-state index in [2.05, 4.69) is 65.9 Å². The van der Waals surface area contributed by atoms with Gasteiger partial charge in [0, 0.05) is 29.2 Å². The van der Waals surface area contributed by atoms with Crippen LogP contribution in [0.15, 0.2) is 54.7 Å². The van der Waals surface area contributed by atoms with Gasteiger partial charge in [-0.05, 0) is 30.5 Å². The van der Waals surface area contributed by atoms with Gasteiger partial charge in [0.2, 0.25) is 0 Å². The number of fused-ring (bicyclic) bond motifs is 1. The van der Waals surface area contributed by atoms with Gasteiger partial charge in [0.1, 0.15) is 32.7 Å². The zero-order valence-corrected chi connectivity index (χ0v) is 17.3. The van der Waals surface area contributed by atoms with Gasteiger partial charge in [0.05, 0.1) is 0 Å². The average Bonchev–Trinajstić information content (AvgIpc) is 3.14. The van der Waals surface area contributed by atoms with E-state index in [1.165, 1.54) is 27.0 Å². The fourth-order valence-electron chi connectivity index (χ4n) is 4.35. The number of aromatic nitrogens is 1. The Balaban J connectivity index is 1.18. The second-order valence-corrected chi connectivity index (χ2v) is 8.24. The lowest BCUT2D eigenvalue weighted by molar-refractivity contribution is -1.02. The van der Waals surface area contributed by atoms with Crippen molar-refractivity contribution < 1.29 is 14.6 Å². The van der Waals surface area contributed by atoms with Crippen molar-refractivity contribution in [1.82, 2.24) is 10.3 Å². The molecular formula is C24H32N4O+2. The maximum Gasteiger partial charge on any atom is 0.275 e. The van der Waals surface area contributed by atoms with Crippen LogP contribution in [0.2, 0.25) is 0 Å². The summed E-state index contributed by atoms with van der Waals surface area (Å²) in [4.78, 5) is 18.7. The summed E-state index contributed by atoms with van der Waals surface area (Å²) < 4.78 is 0. The Morgan fingerprint density at radius 2 is 1.69 bits per heavy atom. The van der Waals surface area contributed by atoms with E-state index in [0.29, 0.717) is 13.1 Å². The van der Waals surface area contributed by atoms with Gasteiger partial charge >= 0.3 is 0 Å². The van der Waals surface area contributed by atoms with Crippen LogP contribution in [0.25, 0.3) is 10.9 Å². The summed E-state index contributed by atoms with van der Waals surface area (Å²) in [5.74, 6) is 0.169. The highest BCUT2D eigenvalue weighted by Crippen LogP contribution is 2.17. The highest BCUT2D eigenvalue weighted by molar-refractivity contribution is 5.83. The minimum atomic E-state index is 0.169. The molecule has 1 amide bonds. The van der Waals surface area contributed by atoms with Crippen molar-refractivity contribution in [2.75, 3.05) is 39.3 Å². The number of benzene rings is 2. The summed E-state index contributed by atoms with van der Waals surface area (Å²) in [5, 5.41) is 4.36. The Hall–Kier alpha value is -2.63. The van der Waals surface area contributed by atoms with E-state index < -0.39 is 0 Å². The summed E-state index contributed by atoms with van der Waals surface area (Å²) in [6.07, 6.45) is 2.91. The number of quaternary nitrogens is 2. The number of carbonyl (C=O) groups excluding carboxylic acids is 1. The van der Waals surface area contributed by atoms with Crippen LogP contribution in [0.5, 0.6) is 0 Å². The second-order valence-electron chi connectivity index (χ2n) is 8.24. The van der Waals surface area contributed by atoms with Crippen LogP contribution >= 0.6 is 0 Å². The largest absolute Gasteiger partial charge is 0.361 e. The summed E-state index contributed by atoms with van der Waals surface area (Å²) in [5.41, 5.74) is 5.25. The highest BCUT2D eigenvalue weighted by atomic mass is 16.2. The third kappa shape index (κ3) is 5.05. The molecule has 1 aliphatic heterocycles. The molecule has 1 aromatic heterocycles. The molecule has 0 atom stereocenters. The smallest absolute Gasteiger partial charge is 0.275 e. The first kappa shape index (κ1) is 19.7. The molecule has 3 aromatic rings. The molecule has 2 aromatic carbocycles. The van der Waals surface area contributed by atoms with E-state index >= 15 is 0 Å². The molecule has 1 fully saturated rings. The SMILES string of the molecule is Cc1ccccc1C[NH+]1CC[NH+](CC(=O)NCCc2c[nH]c3ccccc23)CC1. The van der Waals surface area contributed by atoms with E-state index in [1.807, 2.05) is 6.07 Å². The van der Waals surface area contributed by atoms with E-state index in [4.69, 9.17) is 0 Å². The van der Waals surface area contributed by atoms with Crippen molar-refractivity contribution >= 4 is 16.8 Å². The fourth-order valence-corrected chi connectivity index (χ4v) is 4.35. The third-order valence-corrected chi connectivity index (χ3v) is 6.17. The van der Waals surface area contributed by atoms with Crippen molar-refractivity contribution in [3.63, 3.8) is 0 Å². The van der Waals surface area contributed by atoms with Crippen molar-refractivity contribution in [3.8, 4) is 0 Å². The summed E-state index contributed by atoms with van der Waals surface area (Å²) in [6.45, 7) is 8.96. The predicted octanol–water partition coefficient (Wildman–Crippen LogP) is 0.119. The van der Waals surface area contributed by atoms with Crippen LogP contribution in [0.4, 0.5) is 0 Å². The van der Waals surface area contributed by atoms with Gasteiger partial charge in [-0.15, -0.1) is 0 Å². The Morgan fingerprint density at radius 3 is 2.52 bits per heavy atom. The number of carbonyl (C=O) groups is 1. The first-order valence-corrected chi connectivity index (χ1v) is 10.7. The monoisotopic (exact) mass is 392 g/mol. The van der Waals surface area contributed by atoms with Crippen LogP contribution in [-0.4, -0.2) is 50.2 Å². The molecule has 0 aliphatic carbocycles. The quantitative estimate of drug-likeness (QED) is 0.454. The minimum absolute atomic E-state index is 0.169. The lowest BCUT2D eigenvalue weighted by Gasteiger charge is -2.29. The molecule has 29 heavy (non-hydrogen) atoms. The normalized spacial score (nSPS) is 19.3. The van der Waals surface area contributed by atoms with Gasteiger partial charge in [-0.2, -0.15) is 0 Å². The number of amides is 1. The number of para-hydroxylation sites is 1. The molecule has 2 heterocycles. The van der Waals surface area contributed by atoms with Crippen molar-refractivity contribution in [2.45, 2.75) is 19.9 Å². The van der Waals surface area contributed by atoms with E-state index in [1.54, 1.807) is 4.90 Å². The molecular weight excluding hydrogens is 360 g/mol. The molecule has 4 rings (SSSR count). The van der Waals surface area contributed by atoms with Crippen molar-refractivity contribution in [1.29, 1.82) is 0 Å². The minimum Gasteiger partial charge on any atom is -0.361 e. The van der Waals surface area contributed by atoms with Gasteiger partial charge < -0.3 is 20.1 Å². The van der Waals surface area contributed by atoms with E-state index in [-0.39, 0.29) is 5.91 Å². The first-order valence-electron chi connectivity index (χ1n) is 10.7. The highest BCUT2D eigenvalue weighted by Gasteiger charge is 2.25. The molecule has 0 spiro atoms. The van der Waals surface area contributed by atoms with E-state index in [9.17, 15) is 4.79 Å². The van der Waals surface area contributed by atoms with Gasteiger partial charge in [0.25, 0.3) is 5.91 Å². The fraction of sp³-hybridized carbons (Fsp3) is 0.375. The Bertz CT molecular complexity index is 956. The maximum absolute atomic E-state index is 12.4. The van der Waals surface area contributed by atoms with Crippen molar-refractivity contribution in [3.05, 3.63) is 71.4 Å². The number of aryl methyl sites for hydroxylation is 1. The average molecular weight is 393 g/mol. The standard InChI is InChI=1S/C24H30N4O/c1-19-6-2-3-7-21(19)17-27-12-14-28(15-13-27)18-24(29)25-11-10-20-16-26-23-9-5-4-8-22(20)23/h2-9,16,26H,10-15,17-18H2,1H3,(H,25,29)/p+2. The zero-order chi connectivity index (χ0) is 20.1. The van der Waals surface area contributed by atoms with Crippen molar-refractivity contribution in [2.24, 2.45) is 0 Å². The number of piperazine rings is 1. The predicted molar refractivity (Wildman–Crippen MR) is 116 cm³/mol. The molecule has 0 radical (unpaired) electrons. The lowest BCUT2D eigenvalue weighted by atomic mass is 10.1. The number of hydrogen-bond acceptors (Lipinski definition) is 1. The molecule has 1 aliphatic rings. The van der Waals surface area contributed by atoms with E-state index in [0.717, 1.165) is 44.7 Å². The summed E-state index contributed by atoms with van der Waals surface area (Å²) in [6, 6.07) is 17.0. The van der Waals surface area contributed by atoms with Gasteiger partial charge in [-0.1, -0.05) is 42.5 Å². The molecule has 152 valence electrons. The van der Waals surface area contributed by atoms with Crippen LogP contribution in [-0.2, 0) is 17.8 Å². The van der Waals surface area contributed by atoms with Crippen LogP contribution in [0.1, 0.15) is 16.7 Å². The molecule has 0 bridgehead atoms. The van der Waals surface area contributed by atoms with Gasteiger partial charge in [0.15, 0.2) is 6.54 Å². The molecule has 5 nitrogen and oxygen atoms in total. The number of aromatic amines is 1. The molecule has 1 saturated heterocycles. The topological polar surface area (TPSA) is 53.8 Å².